The lowest BCUT2D eigenvalue weighted by Crippen LogP contribution is -1.99. The molecule has 2 rings (SSSR count). The smallest absolute Gasteiger partial charge is 0.165 e. The maximum atomic E-state index is 13.5. The van der Waals surface area contributed by atoms with Crippen LogP contribution in [-0.4, -0.2) is 9.97 Å². The Labute approximate surface area is 96.3 Å². The van der Waals surface area contributed by atoms with Gasteiger partial charge >= 0.3 is 0 Å². The number of hydrogen-bond donors (Lipinski definition) is 2. The molecule has 0 unspecified atom stereocenters. The van der Waals surface area contributed by atoms with E-state index in [9.17, 15) is 4.39 Å². The number of nitrogen functional groups attached to an aromatic ring is 1. The number of hydrogen-bond acceptors (Lipinski definition) is 4. The normalized spacial score (nSPS) is 10.1. The van der Waals surface area contributed by atoms with E-state index in [-0.39, 0.29) is 16.5 Å². The molecule has 1 aromatic heterocycles. The predicted molar refractivity (Wildman–Crippen MR) is 61.1 cm³/mol. The Morgan fingerprint density at radius 3 is 2.88 bits per heavy atom. The SMILES string of the molecule is Nc1cncc(Nc2cccc(Cl)c2F)n1. The van der Waals surface area contributed by atoms with E-state index in [0.717, 1.165) is 0 Å². The van der Waals surface area contributed by atoms with Crippen molar-refractivity contribution in [3.63, 3.8) is 0 Å². The van der Waals surface area contributed by atoms with Gasteiger partial charge in [0.1, 0.15) is 5.82 Å². The Morgan fingerprint density at radius 2 is 2.12 bits per heavy atom. The minimum Gasteiger partial charge on any atom is -0.382 e. The van der Waals surface area contributed by atoms with Crippen molar-refractivity contribution in [3.05, 3.63) is 41.4 Å². The molecule has 0 spiro atoms. The molecule has 1 aromatic carbocycles. The van der Waals surface area contributed by atoms with Gasteiger partial charge in [0.2, 0.25) is 0 Å². The molecule has 0 amide bonds. The second-order valence-electron chi connectivity index (χ2n) is 3.06. The molecule has 0 bridgehead atoms. The average Bonchev–Trinajstić information content (AvgIpc) is 2.25. The number of benzene rings is 1. The third-order valence-corrected chi connectivity index (χ3v) is 2.16. The average molecular weight is 239 g/mol. The summed E-state index contributed by atoms with van der Waals surface area (Å²) in [4.78, 5) is 7.76. The van der Waals surface area contributed by atoms with Crippen molar-refractivity contribution in [2.75, 3.05) is 11.1 Å². The summed E-state index contributed by atoms with van der Waals surface area (Å²) >= 11 is 5.64. The number of aromatic nitrogens is 2. The quantitative estimate of drug-likeness (QED) is 0.844. The van der Waals surface area contributed by atoms with E-state index < -0.39 is 5.82 Å². The topological polar surface area (TPSA) is 63.8 Å². The van der Waals surface area contributed by atoms with Crippen LogP contribution in [0, 0.1) is 5.82 Å². The van der Waals surface area contributed by atoms with Crippen LogP contribution < -0.4 is 11.1 Å². The van der Waals surface area contributed by atoms with Gasteiger partial charge in [-0.05, 0) is 12.1 Å². The first-order chi connectivity index (χ1) is 7.66. The fourth-order valence-corrected chi connectivity index (χ4v) is 1.35. The van der Waals surface area contributed by atoms with Crippen molar-refractivity contribution < 1.29 is 4.39 Å². The Hall–Kier alpha value is -1.88. The van der Waals surface area contributed by atoms with Gasteiger partial charge in [0.05, 0.1) is 23.1 Å². The lowest BCUT2D eigenvalue weighted by atomic mass is 10.3. The van der Waals surface area contributed by atoms with E-state index in [1.54, 1.807) is 12.1 Å². The van der Waals surface area contributed by atoms with Crippen LogP contribution in [0.2, 0.25) is 5.02 Å². The van der Waals surface area contributed by atoms with E-state index in [1.807, 2.05) is 0 Å². The largest absolute Gasteiger partial charge is 0.382 e. The van der Waals surface area contributed by atoms with Crippen LogP contribution in [0.1, 0.15) is 0 Å². The van der Waals surface area contributed by atoms with E-state index in [2.05, 4.69) is 15.3 Å². The van der Waals surface area contributed by atoms with Gasteiger partial charge in [-0.2, -0.15) is 0 Å². The minimum absolute atomic E-state index is 0.0434. The zero-order valence-electron chi connectivity index (χ0n) is 8.11. The molecule has 0 aliphatic carbocycles. The summed E-state index contributed by atoms with van der Waals surface area (Å²) in [6.07, 6.45) is 2.84. The zero-order valence-corrected chi connectivity index (χ0v) is 8.87. The van der Waals surface area contributed by atoms with Crippen molar-refractivity contribution in [2.45, 2.75) is 0 Å². The van der Waals surface area contributed by atoms with Crippen LogP contribution >= 0.6 is 11.6 Å². The monoisotopic (exact) mass is 238 g/mol. The van der Waals surface area contributed by atoms with Gasteiger partial charge in [-0.1, -0.05) is 17.7 Å². The maximum Gasteiger partial charge on any atom is 0.165 e. The fraction of sp³-hybridized carbons (Fsp3) is 0. The van der Waals surface area contributed by atoms with E-state index in [1.165, 1.54) is 18.5 Å². The molecular weight excluding hydrogens is 231 g/mol. The van der Waals surface area contributed by atoms with Gasteiger partial charge in [-0.25, -0.2) is 9.37 Å². The van der Waals surface area contributed by atoms with Gasteiger partial charge in [-0.3, -0.25) is 4.98 Å². The molecule has 0 aliphatic rings. The molecule has 4 nitrogen and oxygen atoms in total. The summed E-state index contributed by atoms with van der Waals surface area (Å²) in [5.74, 6) is 0.0852. The first kappa shape index (κ1) is 10.6. The molecule has 82 valence electrons. The molecule has 0 atom stereocenters. The van der Waals surface area contributed by atoms with Crippen LogP contribution in [0.3, 0.4) is 0 Å². The summed E-state index contributed by atoms with van der Waals surface area (Å²) in [5, 5.41) is 2.78. The van der Waals surface area contributed by atoms with Crippen LogP contribution in [0.25, 0.3) is 0 Å². The van der Waals surface area contributed by atoms with Crippen LogP contribution in [0.4, 0.5) is 21.7 Å². The highest BCUT2D eigenvalue weighted by molar-refractivity contribution is 6.31. The molecule has 0 saturated heterocycles. The third-order valence-electron chi connectivity index (χ3n) is 1.87. The highest BCUT2D eigenvalue weighted by atomic mass is 35.5. The summed E-state index contributed by atoms with van der Waals surface area (Å²) in [6.45, 7) is 0. The fourth-order valence-electron chi connectivity index (χ4n) is 1.18. The molecule has 1 heterocycles. The Morgan fingerprint density at radius 1 is 1.31 bits per heavy atom. The maximum absolute atomic E-state index is 13.5. The molecule has 0 aliphatic heterocycles. The van der Waals surface area contributed by atoms with Gasteiger partial charge in [0.25, 0.3) is 0 Å². The first-order valence-electron chi connectivity index (χ1n) is 4.45. The lowest BCUT2D eigenvalue weighted by molar-refractivity contribution is 0.632. The Kier molecular flexibility index (Phi) is 2.87. The van der Waals surface area contributed by atoms with Crippen molar-refractivity contribution in [1.29, 1.82) is 0 Å². The van der Waals surface area contributed by atoms with Crippen molar-refractivity contribution in [1.82, 2.24) is 9.97 Å². The Balaban J connectivity index is 2.31. The molecule has 3 N–H and O–H groups in total. The third kappa shape index (κ3) is 2.20. The summed E-state index contributed by atoms with van der Waals surface area (Å²) < 4.78 is 13.5. The number of rotatable bonds is 2. The van der Waals surface area contributed by atoms with Crippen molar-refractivity contribution in [2.24, 2.45) is 0 Å². The van der Waals surface area contributed by atoms with Crippen molar-refractivity contribution >= 4 is 28.9 Å². The van der Waals surface area contributed by atoms with Gasteiger partial charge < -0.3 is 11.1 Å². The minimum atomic E-state index is -0.534. The summed E-state index contributed by atoms with van der Waals surface area (Å²) in [5.41, 5.74) is 5.68. The van der Waals surface area contributed by atoms with E-state index in [0.29, 0.717) is 5.82 Å². The number of nitrogens with one attached hydrogen (secondary N) is 1. The predicted octanol–water partition coefficient (Wildman–Crippen LogP) is 2.59. The van der Waals surface area contributed by atoms with Crippen molar-refractivity contribution in [3.8, 4) is 0 Å². The van der Waals surface area contributed by atoms with Crippen LogP contribution in [0.5, 0.6) is 0 Å². The molecule has 0 radical (unpaired) electrons. The van der Waals surface area contributed by atoms with Gasteiger partial charge in [0.15, 0.2) is 11.6 Å². The molecule has 16 heavy (non-hydrogen) atoms. The second-order valence-corrected chi connectivity index (χ2v) is 3.46. The molecule has 2 aromatic rings. The van der Waals surface area contributed by atoms with E-state index >= 15 is 0 Å². The standard InChI is InChI=1S/C10H8ClFN4/c11-6-2-1-3-7(10(6)12)15-9-5-14-4-8(13)16-9/h1-5H,(H3,13,15,16). The summed E-state index contributed by atoms with van der Waals surface area (Å²) in [6, 6.07) is 4.65. The van der Waals surface area contributed by atoms with Crippen LogP contribution in [-0.2, 0) is 0 Å². The summed E-state index contributed by atoms with van der Waals surface area (Å²) in [7, 11) is 0. The van der Waals surface area contributed by atoms with E-state index in [4.69, 9.17) is 17.3 Å². The second kappa shape index (κ2) is 4.32. The lowest BCUT2D eigenvalue weighted by Gasteiger charge is -2.07. The molecule has 6 heteroatoms. The zero-order chi connectivity index (χ0) is 11.5. The molecule has 0 fully saturated rings. The molecular formula is C10H8ClFN4. The number of anilines is 3. The first-order valence-corrected chi connectivity index (χ1v) is 4.83. The Bertz CT molecular complexity index is 518. The number of nitrogens with zero attached hydrogens (tertiary/aromatic N) is 2. The van der Waals surface area contributed by atoms with Crippen LogP contribution in [0.15, 0.2) is 30.6 Å². The number of nitrogens with two attached hydrogens (primary N) is 1. The van der Waals surface area contributed by atoms with Gasteiger partial charge in [0, 0.05) is 0 Å². The van der Waals surface area contributed by atoms with Gasteiger partial charge in [-0.15, -0.1) is 0 Å². The molecule has 0 saturated carbocycles. The number of halogens is 2. The highest BCUT2D eigenvalue weighted by Crippen LogP contribution is 2.24. The highest BCUT2D eigenvalue weighted by Gasteiger charge is 2.06.